The lowest BCUT2D eigenvalue weighted by Gasteiger charge is -2.27. The maximum atomic E-state index is 11.6. The van der Waals surface area contributed by atoms with Crippen LogP contribution in [0.5, 0.6) is 0 Å². The maximum Gasteiger partial charge on any atom is 0.325 e. The third-order valence-electron chi connectivity index (χ3n) is 2.92. The van der Waals surface area contributed by atoms with Gasteiger partial charge < -0.3 is 15.5 Å². The molecule has 7 nitrogen and oxygen atoms in total. The first-order valence-electron chi connectivity index (χ1n) is 5.94. The van der Waals surface area contributed by atoms with Crippen molar-refractivity contribution in [3.63, 3.8) is 0 Å². The van der Waals surface area contributed by atoms with Gasteiger partial charge in [0.15, 0.2) is 0 Å². The lowest BCUT2D eigenvalue weighted by molar-refractivity contribution is -0.127. The lowest BCUT2D eigenvalue weighted by Crippen LogP contribution is -2.49. The van der Waals surface area contributed by atoms with Crippen molar-refractivity contribution in [2.75, 3.05) is 26.7 Å². The zero-order chi connectivity index (χ0) is 13.8. The standard InChI is InChI=1S/C11H20N4O3/c1-11(2)9(17)14-10(18)15(11)7-8(16)13-6-4-5-12-3/h12H,4-7H2,1-3H3,(H,13,16)(H,14,17,18). The molecule has 0 saturated carbocycles. The smallest absolute Gasteiger partial charge is 0.325 e. The molecule has 4 amide bonds. The van der Waals surface area contributed by atoms with Gasteiger partial charge in [0.25, 0.3) is 5.91 Å². The predicted molar refractivity (Wildman–Crippen MR) is 65.9 cm³/mol. The van der Waals surface area contributed by atoms with Crippen LogP contribution in [0.15, 0.2) is 0 Å². The summed E-state index contributed by atoms with van der Waals surface area (Å²) in [7, 11) is 1.84. The highest BCUT2D eigenvalue weighted by molar-refractivity contribution is 6.07. The Labute approximate surface area is 106 Å². The molecule has 0 aromatic heterocycles. The second kappa shape index (κ2) is 5.81. The number of nitrogens with one attached hydrogen (secondary N) is 3. The Kier molecular flexibility index (Phi) is 4.66. The molecule has 102 valence electrons. The average Bonchev–Trinajstić information content (AvgIpc) is 2.48. The molecular formula is C11H20N4O3. The highest BCUT2D eigenvalue weighted by Gasteiger charge is 2.46. The number of urea groups is 1. The molecule has 0 radical (unpaired) electrons. The summed E-state index contributed by atoms with van der Waals surface area (Å²) in [4.78, 5) is 35.9. The molecule has 1 aliphatic heterocycles. The van der Waals surface area contributed by atoms with E-state index in [1.807, 2.05) is 7.05 Å². The van der Waals surface area contributed by atoms with Crippen molar-refractivity contribution in [2.24, 2.45) is 0 Å². The van der Waals surface area contributed by atoms with E-state index < -0.39 is 11.6 Å². The van der Waals surface area contributed by atoms with Crippen LogP contribution in [0.1, 0.15) is 20.3 Å². The van der Waals surface area contributed by atoms with E-state index in [9.17, 15) is 14.4 Å². The minimum Gasteiger partial charge on any atom is -0.355 e. The van der Waals surface area contributed by atoms with E-state index in [0.717, 1.165) is 13.0 Å². The number of amides is 4. The second-order valence-corrected chi connectivity index (χ2v) is 4.71. The van der Waals surface area contributed by atoms with Crippen LogP contribution in [0.2, 0.25) is 0 Å². The number of nitrogens with zero attached hydrogens (tertiary/aromatic N) is 1. The van der Waals surface area contributed by atoms with Crippen molar-refractivity contribution in [1.29, 1.82) is 0 Å². The topological polar surface area (TPSA) is 90.5 Å². The van der Waals surface area contributed by atoms with Crippen LogP contribution in [0.25, 0.3) is 0 Å². The van der Waals surface area contributed by atoms with Crippen molar-refractivity contribution in [3.8, 4) is 0 Å². The number of hydrogen-bond acceptors (Lipinski definition) is 4. The number of imide groups is 1. The van der Waals surface area contributed by atoms with Gasteiger partial charge in [-0.05, 0) is 33.9 Å². The molecule has 7 heteroatoms. The van der Waals surface area contributed by atoms with E-state index in [4.69, 9.17) is 0 Å². The van der Waals surface area contributed by atoms with Crippen LogP contribution < -0.4 is 16.0 Å². The number of rotatable bonds is 6. The van der Waals surface area contributed by atoms with Crippen molar-refractivity contribution in [1.82, 2.24) is 20.9 Å². The van der Waals surface area contributed by atoms with Crippen molar-refractivity contribution in [3.05, 3.63) is 0 Å². The van der Waals surface area contributed by atoms with Gasteiger partial charge in [-0.1, -0.05) is 0 Å². The molecule has 0 bridgehead atoms. The van der Waals surface area contributed by atoms with Gasteiger partial charge >= 0.3 is 6.03 Å². The summed E-state index contributed by atoms with van der Waals surface area (Å²) >= 11 is 0. The molecule has 1 aliphatic rings. The van der Waals surface area contributed by atoms with E-state index in [1.165, 1.54) is 4.90 Å². The molecule has 0 atom stereocenters. The number of carbonyl (C=O) groups is 3. The van der Waals surface area contributed by atoms with Gasteiger partial charge in [-0.15, -0.1) is 0 Å². The third kappa shape index (κ3) is 3.19. The molecule has 0 aliphatic carbocycles. The van der Waals surface area contributed by atoms with E-state index in [-0.39, 0.29) is 18.4 Å². The molecule has 18 heavy (non-hydrogen) atoms. The first-order chi connectivity index (χ1) is 8.39. The average molecular weight is 256 g/mol. The van der Waals surface area contributed by atoms with Crippen LogP contribution in [0, 0.1) is 0 Å². The summed E-state index contributed by atoms with van der Waals surface area (Å²) in [6, 6.07) is -0.518. The summed E-state index contributed by atoms with van der Waals surface area (Å²) in [5.41, 5.74) is -0.973. The van der Waals surface area contributed by atoms with Crippen LogP contribution in [-0.4, -0.2) is 55.0 Å². The zero-order valence-corrected chi connectivity index (χ0v) is 11.0. The Balaban J connectivity index is 2.44. The fourth-order valence-electron chi connectivity index (χ4n) is 1.66. The molecule has 1 heterocycles. The quantitative estimate of drug-likeness (QED) is 0.422. The van der Waals surface area contributed by atoms with Crippen LogP contribution in [-0.2, 0) is 9.59 Å². The Morgan fingerprint density at radius 1 is 1.33 bits per heavy atom. The molecule has 1 saturated heterocycles. The maximum absolute atomic E-state index is 11.6. The van der Waals surface area contributed by atoms with Gasteiger partial charge in [-0.2, -0.15) is 0 Å². The van der Waals surface area contributed by atoms with Crippen LogP contribution in [0.4, 0.5) is 4.79 Å². The van der Waals surface area contributed by atoms with Gasteiger partial charge in [0.2, 0.25) is 5.91 Å². The highest BCUT2D eigenvalue weighted by Crippen LogP contribution is 2.19. The molecule has 0 aromatic carbocycles. The fourth-order valence-corrected chi connectivity index (χ4v) is 1.66. The van der Waals surface area contributed by atoms with Crippen molar-refractivity contribution < 1.29 is 14.4 Å². The van der Waals surface area contributed by atoms with E-state index >= 15 is 0 Å². The van der Waals surface area contributed by atoms with Gasteiger partial charge in [0.1, 0.15) is 12.1 Å². The predicted octanol–water partition coefficient (Wildman–Crippen LogP) is -0.957. The van der Waals surface area contributed by atoms with Gasteiger partial charge in [0.05, 0.1) is 0 Å². The first kappa shape index (κ1) is 14.4. The molecule has 0 spiro atoms. The fraction of sp³-hybridized carbons (Fsp3) is 0.727. The Morgan fingerprint density at radius 2 is 2.00 bits per heavy atom. The lowest BCUT2D eigenvalue weighted by atomic mass is 10.0. The Hall–Kier alpha value is -1.63. The van der Waals surface area contributed by atoms with E-state index in [0.29, 0.717) is 6.54 Å². The highest BCUT2D eigenvalue weighted by atomic mass is 16.2. The summed E-state index contributed by atoms with van der Waals surface area (Å²) in [5, 5.41) is 7.87. The first-order valence-corrected chi connectivity index (χ1v) is 5.94. The summed E-state index contributed by atoms with van der Waals surface area (Å²) in [6.45, 7) is 4.48. The second-order valence-electron chi connectivity index (χ2n) is 4.71. The minimum atomic E-state index is -0.973. The molecule has 1 fully saturated rings. The summed E-state index contributed by atoms with van der Waals surface area (Å²) in [6.07, 6.45) is 0.816. The summed E-state index contributed by atoms with van der Waals surface area (Å²) < 4.78 is 0. The molecule has 1 rings (SSSR count). The molecule has 3 N–H and O–H groups in total. The SMILES string of the molecule is CNCCCNC(=O)CN1C(=O)NC(=O)C1(C)C. The monoisotopic (exact) mass is 256 g/mol. The molecular weight excluding hydrogens is 236 g/mol. The zero-order valence-electron chi connectivity index (χ0n) is 11.0. The van der Waals surface area contributed by atoms with Crippen molar-refractivity contribution in [2.45, 2.75) is 25.8 Å². The van der Waals surface area contributed by atoms with Crippen LogP contribution in [0.3, 0.4) is 0 Å². The van der Waals surface area contributed by atoms with Gasteiger partial charge in [0, 0.05) is 6.54 Å². The van der Waals surface area contributed by atoms with Crippen LogP contribution >= 0.6 is 0 Å². The normalized spacial score (nSPS) is 17.8. The third-order valence-corrected chi connectivity index (χ3v) is 2.92. The van der Waals surface area contributed by atoms with E-state index in [1.54, 1.807) is 13.8 Å². The number of hydrogen-bond donors (Lipinski definition) is 3. The Bertz CT molecular complexity index is 354. The van der Waals surface area contributed by atoms with Gasteiger partial charge in [-0.25, -0.2) is 4.79 Å². The molecule has 0 aromatic rings. The number of carbonyl (C=O) groups excluding carboxylic acids is 3. The summed E-state index contributed by atoms with van der Waals surface area (Å²) in [5.74, 6) is -0.639. The Morgan fingerprint density at radius 3 is 2.50 bits per heavy atom. The van der Waals surface area contributed by atoms with Gasteiger partial charge in [-0.3, -0.25) is 14.9 Å². The molecule has 0 unspecified atom stereocenters. The van der Waals surface area contributed by atoms with Crippen molar-refractivity contribution >= 4 is 17.8 Å². The largest absolute Gasteiger partial charge is 0.355 e. The van der Waals surface area contributed by atoms with E-state index in [2.05, 4.69) is 16.0 Å². The minimum absolute atomic E-state index is 0.107.